The van der Waals surface area contributed by atoms with Crippen molar-refractivity contribution >= 4 is 5.97 Å². The molecular weight excluding hydrogens is 390 g/mol. The van der Waals surface area contributed by atoms with Gasteiger partial charge in [0, 0.05) is 25.5 Å². The molecule has 160 valence electrons. The van der Waals surface area contributed by atoms with Crippen molar-refractivity contribution in [3.63, 3.8) is 0 Å². The molecule has 1 unspecified atom stereocenters. The average molecular weight is 416 g/mol. The van der Waals surface area contributed by atoms with Crippen molar-refractivity contribution in [1.29, 1.82) is 0 Å². The van der Waals surface area contributed by atoms with Crippen molar-refractivity contribution in [2.75, 3.05) is 19.7 Å². The lowest BCUT2D eigenvalue weighted by atomic mass is 9.86. The first-order valence-electron chi connectivity index (χ1n) is 9.97. The second-order valence-electron chi connectivity index (χ2n) is 7.21. The van der Waals surface area contributed by atoms with Gasteiger partial charge in [0.1, 0.15) is 11.6 Å². The number of carbonyl (C=O) groups excluding carboxylic acids is 1. The van der Waals surface area contributed by atoms with Crippen LogP contribution in [0, 0.1) is 11.6 Å². The van der Waals surface area contributed by atoms with Crippen LogP contribution >= 0.6 is 0 Å². The minimum absolute atomic E-state index is 0.104. The van der Waals surface area contributed by atoms with Crippen molar-refractivity contribution in [2.45, 2.75) is 32.0 Å². The molecule has 30 heavy (non-hydrogen) atoms. The lowest BCUT2D eigenvalue weighted by Crippen LogP contribution is -2.39. The summed E-state index contributed by atoms with van der Waals surface area (Å²) in [6.07, 6.45) is 4.84. The lowest BCUT2D eigenvalue weighted by Gasteiger charge is -2.29. The predicted octanol–water partition coefficient (Wildman–Crippen LogP) is 3.59. The summed E-state index contributed by atoms with van der Waals surface area (Å²) < 4.78 is 32.1. The Morgan fingerprint density at radius 1 is 1.00 bits per heavy atom. The fourth-order valence-electron chi connectivity index (χ4n) is 3.54. The van der Waals surface area contributed by atoms with Crippen LogP contribution in [0.3, 0.4) is 0 Å². The van der Waals surface area contributed by atoms with Crippen LogP contribution in [0.2, 0.25) is 0 Å². The number of benzene rings is 2. The van der Waals surface area contributed by atoms with Crippen LogP contribution in [0.25, 0.3) is 0 Å². The summed E-state index contributed by atoms with van der Waals surface area (Å²) in [5.41, 5.74) is -1.87. The zero-order valence-corrected chi connectivity index (χ0v) is 17.1. The molecule has 0 saturated heterocycles. The standard InChI is InChI=1S/C23H26F2N2O3/c1-3-26-14-15-27(17(26)2)13-4-16-30-22(28)23(29,18-5-9-20(24)10-6-18)19-7-11-21(25)12-8-19/h5-12,14-15,17,29H,3-4,13,16H2,1-2H3. The predicted molar refractivity (Wildman–Crippen MR) is 109 cm³/mol. The summed E-state index contributed by atoms with van der Waals surface area (Å²) in [5, 5.41) is 11.3. The van der Waals surface area contributed by atoms with Crippen LogP contribution in [0.15, 0.2) is 60.9 Å². The average Bonchev–Trinajstić information content (AvgIpc) is 3.11. The summed E-state index contributed by atoms with van der Waals surface area (Å²) in [6.45, 7) is 5.88. The largest absolute Gasteiger partial charge is 0.463 e. The molecule has 0 fully saturated rings. The number of nitrogens with zero attached hydrogens (tertiary/aromatic N) is 2. The SMILES string of the molecule is CCN1C=CN(CCCOC(=O)C(O)(c2ccc(F)cc2)c2ccc(F)cc2)C1C. The quantitative estimate of drug-likeness (QED) is 0.527. The van der Waals surface area contributed by atoms with Crippen LogP contribution in [0.4, 0.5) is 8.78 Å². The van der Waals surface area contributed by atoms with Crippen molar-refractivity contribution in [3.05, 3.63) is 83.7 Å². The minimum atomic E-state index is -2.17. The molecule has 1 N–H and O–H groups in total. The second kappa shape index (κ2) is 9.26. The van der Waals surface area contributed by atoms with Crippen LogP contribution in [0.5, 0.6) is 0 Å². The van der Waals surface area contributed by atoms with E-state index in [0.29, 0.717) is 13.0 Å². The lowest BCUT2D eigenvalue weighted by molar-refractivity contribution is -0.162. The Kier molecular flexibility index (Phi) is 6.72. The van der Waals surface area contributed by atoms with Crippen molar-refractivity contribution in [3.8, 4) is 0 Å². The highest BCUT2D eigenvalue weighted by molar-refractivity contribution is 5.85. The molecule has 5 nitrogen and oxygen atoms in total. The summed E-state index contributed by atoms with van der Waals surface area (Å²) in [5.74, 6) is -1.88. The van der Waals surface area contributed by atoms with E-state index in [9.17, 15) is 18.7 Å². The zero-order valence-electron chi connectivity index (χ0n) is 17.1. The van der Waals surface area contributed by atoms with E-state index in [4.69, 9.17) is 4.74 Å². The highest BCUT2D eigenvalue weighted by Crippen LogP contribution is 2.31. The van der Waals surface area contributed by atoms with Gasteiger partial charge < -0.3 is 19.6 Å². The van der Waals surface area contributed by atoms with Gasteiger partial charge in [-0.05, 0) is 55.7 Å². The first kappa shape index (κ1) is 21.8. The monoisotopic (exact) mass is 416 g/mol. The number of carbonyl (C=O) groups is 1. The molecule has 1 heterocycles. The smallest absolute Gasteiger partial charge is 0.347 e. The topological polar surface area (TPSA) is 53.0 Å². The fraction of sp³-hybridized carbons (Fsp3) is 0.348. The maximum Gasteiger partial charge on any atom is 0.347 e. The summed E-state index contributed by atoms with van der Waals surface area (Å²) in [6, 6.07) is 9.86. The number of hydrogen-bond acceptors (Lipinski definition) is 5. The summed E-state index contributed by atoms with van der Waals surface area (Å²) in [4.78, 5) is 17.2. The number of esters is 1. The molecule has 0 radical (unpaired) electrons. The van der Waals surface area contributed by atoms with E-state index in [1.165, 1.54) is 24.3 Å². The van der Waals surface area contributed by atoms with Gasteiger partial charge in [0.25, 0.3) is 0 Å². The normalized spacial score (nSPS) is 16.2. The highest BCUT2D eigenvalue weighted by atomic mass is 19.1. The van der Waals surface area contributed by atoms with E-state index in [1.54, 1.807) is 0 Å². The first-order chi connectivity index (χ1) is 14.4. The van der Waals surface area contributed by atoms with E-state index in [-0.39, 0.29) is 23.9 Å². The molecule has 0 amide bonds. The van der Waals surface area contributed by atoms with Crippen molar-refractivity contribution in [2.24, 2.45) is 0 Å². The van der Waals surface area contributed by atoms with E-state index in [2.05, 4.69) is 23.6 Å². The Bertz CT molecular complexity index is 839. The number of halogens is 2. The van der Waals surface area contributed by atoms with Gasteiger partial charge >= 0.3 is 5.97 Å². The van der Waals surface area contributed by atoms with Crippen LogP contribution in [0.1, 0.15) is 31.4 Å². The van der Waals surface area contributed by atoms with Gasteiger partial charge in [0.2, 0.25) is 5.60 Å². The molecule has 1 aliphatic heterocycles. The third kappa shape index (κ3) is 4.46. The summed E-state index contributed by atoms with van der Waals surface area (Å²) in [7, 11) is 0. The molecule has 1 atom stereocenters. The number of ether oxygens (including phenoxy) is 1. The Morgan fingerprint density at radius 3 is 1.97 bits per heavy atom. The molecule has 0 aromatic heterocycles. The van der Waals surface area contributed by atoms with Gasteiger partial charge in [-0.3, -0.25) is 0 Å². The van der Waals surface area contributed by atoms with Crippen molar-refractivity contribution in [1.82, 2.24) is 9.80 Å². The molecule has 0 bridgehead atoms. The number of rotatable bonds is 8. The zero-order chi connectivity index (χ0) is 21.7. The maximum absolute atomic E-state index is 13.4. The van der Waals surface area contributed by atoms with Gasteiger partial charge in [-0.15, -0.1) is 0 Å². The van der Waals surface area contributed by atoms with Crippen molar-refractivity contribution < 1.29 is 23.4 Å². The number of hydrogen-bond donors (Lipinski definition) is 1. The molecule has 7 heteroatoms. The molecule has 0 saturated carbocycles. The number of aliphatic hydroxyl groups is 1. The van der Waals surface area contributed by atoms with Crippen LogP contribution < -0.4 is 0 Å². The van der Waals surface area contributed by atoms with Crippen LogP contribution in [-0.4, -0.2) is 46.7 Å². The molecular formula is C23H26F2N2O3. The third-order valence-electron chi connectivity index (χ3n) is 5.39. The van der Waals surface area contributed by atoms with Crippen LogP contribution in [-0.2, 0) is 15.1 Å². The molecule has 0 aliphatic carbocycles. The van der Waals surface area contributed by atoms with E-state index < -0.39 is 23.2 Å². The van der Waals surface area contributed by atoms with Gasteiger partial charge in [-0.2, -0.15) is 0 Å². The second-order valence-corrected chi connectivity index (χ2v) is 7.21. The van der Waals surface area contributed by atoms with E-state index >= 15 is 0 Å². The fourth-order valence-corrected chi connectivity index (χ4v) is 3.54. The maximum atomic E-state index is 13.4. The molecule has 2 aromatic rings. The van der Waals surface area contributed by atoms with Gasteiger partial charge in [0.05, 0.1) is 12.8 Å². The van der Waals surface area contributed by atoms with E-state index in [1.807, 2.05) is 12.4 Å². The minimum Gasteiger partial charge on any atom is -0.463 e. The van der Waals surface area contributed by atoms with Gasteiger partial charge in [-0.25, -0.2) is 13.6 Å². The highest BCUT2D eigenvalue weighted by Gasteiger charge is 2.41. The molecule has 1 aliphatic rings. The van der Waals surface area contributed by atoms with Gasteiger partial charge in [-0.1, -0.05) is 24.3 Å². The molecule has 2 aromatic carbocycles. The van der Waals surface area contributed by atoms with E-state index in [0.717, 1.165) is 30.8 Å². The first-order valence-corrected chi connectivity index (χ1v) is 9.97. The third-order valence-corrected chi connectivity index (χ3v) is 5.39. The van der Waals surface area contributed by atoms with Gasteiger partial charge in [0.15, 0.2) is 0 Å². The molecule has 3 rings (SSSR count). The summed E-state index contributed by atoms with van der Waals surface area (Å²) >= 11 is 0. The Hall–Kier alpha value is -2.93. The Balaban J connectivity index is 1.69. The Labute approximate surface area is 175 Å². The Morgan fingerprint density at radius 2 is 1.50 bits per heavy atom. The molecule has 0 spiro atoms.